The Hall–Kier alpha value is -2.60. The van der Waals surface area contributed by atoms with Crippen LogP contribution in [-0.2, 0) is 11.3 Å². The summed E-state index contributed by atoms with van der Waals surface area (Å²) in [5.74, 6) is -0.820. The number of hydrogen-bond acceptors (Lipinski definition) is 3. The molecule has 0 spiro atoms. The van der Waals surface area contributed by atoms with Crippen molar-refractivity contribution >= 4 is 23.2 Å². The van der Waals surface area contributed by atoms with Crippen LogP contribution < -0.4 is 5.32 Å². The van der Waals surface area contributed by atoms with Crippen molar-refractivity contribution in [3.8, 4) is 6.07 Å². The van der Waals surface area contributed by atoms with Gasteiger partial charge in [0.1, 0.15) is 24.0 Å². The second-order valence-corrected chi connectivity index (χ2v) is 4.93. The minimum absolute atomic E-state index is 0.159. The Bertz CT molecular complexity index is 801. The minimum Gasteiger partial charge on any atom is -0.323 e. The Kier molecular flexibility index (Phi) is 5.41. The molecule has 1 N–H and O–H groups in total. The summed E-state index contributed by atoms with van der Waals surface area (Å²) < 4.78 is 51.9. The zero-order valence-electron chi connectivity index (χ0n) is 11.8. The molecule has 2 aromatic rings. The summed E-state index contributed by atoms with van der Waals surface area (Å²) in [5.41, 5.74) is -1.66. The number of carbonyl (C=O) groups is 1. The molecule has 0 aliphatic heterocycles. The molecular formula is C14H9ClF4N4O. The number of rotatable bonds is 5. The molecule has 0 aliphatic carbocycles. The van der Waals surface area contributed by atoms with Crippen LogP contribution in [0, 0.1) is 11.3 Å². The van der Waals surface area contributed by atoms with Crippen LogP contribution in [0.25, 0.3) is 0 Å². The lowest BCUT2D eigenvalue weighted by atomic mass is 10.2. The van der Waals surface area contributed by atoms with Gasteiger partial charge in [-0.05, 0) is 12.1 Å². The molecule has 10 heteroatoms. The summed E-state index contributed by atoms with van der Waals surface area (Å²) in [7, 11) is 0. The van der Waals surface area contributed by atoms with Crippen LogP contribution >= 0.6 is 11.6 Å². The highest BCUT2D eigenvalue weighted by molar-refractivity contribution is 6.32. The fourth-order valence-electron chi connectivity index (χ4n) is 1.96. The Morgan fingerprint density at radius 2 is 1.96 bits per heavy atom. The van der Waals surface area contributed by atoms with E-state index in [2.05, 4.69) is 10.4 Å². The van der Waals surface area contributed by atoms with Crippen LogP contribution in [0.2, 0.25) is 5.02 Å². The highest BCUT2D eigenvalue weighted by Crippen LogP contribution is 2.34. The van der Waals surface area contributed by atoms with Crippen molar-refractivity contribution < 1.29 is 22.4 Å². The molecule has 0 fully saturated rings. The molecule has 1 aromatic heterocycles. The Morgan fingerprint density at radius 1 is 1.29 bits per heavy atom. The number of alkyl halides is 4. The van der Waals surface area contributed by atoms with Crippen LogP contribution in [-0.4, -0.2) is 15.7 Å². The largest absolute Gasteiger partial charge is 0.323 e. The first-order chi connectivity index (χ1) is 11.3. The van der Waals surface area contributed by atoms with Crippen molar-refractivity contribution in [3.05, 3.63) is 46.2 Å². The predicted molar refractivity (Wildman–Crippen MR) is 76.9 cm³/mol. The summed E-state index contributed by atoms with van der Waals surface area (Å²) in [6, 6.07) is 7.86. The van der Waals surface area contributed by atoms with Crippen molar-refractivity contribution in [2.24, 2.45) is 0 Å². The second-order valence-electron chi connectivity index (χ2n) is 4.55. The summed E-state index contributed by atoms with van der Waals surface area (Å²) in [6.45, 7) is -0.758. The smallest absolute Gasteiger partial charge is 0.283 e. The van der Waals surface area contributed by atoms with E-state index in [-0.39, 0.29) is 11.3 Å². The van der Waals surface area contributed by atoms with E-state index >= 15 is 0 Å². The number of anilines is 1. The number of hydrogen-bond donors (Lipinski definition) is 1. The number of amides is 1. The molecule has 5 nitrogen and oxygen atoms in total. The zero-order chi connectivity index (χ0) is 17.9. The lowest BCUT2D eigenvalue weighted by molar-refractivity contribution is -0.117. The molecule has 0 saturated heterocycles. The van der Waals surface area contributed by atoms with Gasteiger partial charge in [0.2, 0.25) is 5.91 Å². The third-order valence-electron chi connectivity index (χ3n) is 2.98. The molecule has 24 heavy (non-hydrogen) atoms. The van der Waals surface area contributed by atoms with Crippen molar-refractivity contribution in [1.29, 1.82) is 5.26 Å². The molecule has 0 radical (unpaired) electrons. The minimum atomic E-state index is -3.18. The van der Waals surface area contributed by atoms with Crippen LogP contribution in [0.1, 0.15) is 29.8 Å². The molecule has 1 heterocycles. The summed E-state index contributed by atoms with van der Waals surface area (Å²) in [6.07, 6.45) is -6.34. The molecule has 2 rings (SSSR count). The SMILES string of the molecule is N#Cc1ccccc1NC(=O)Cn1nc(C(F)F)c(Cl)c1C(F)F. The number of para-hydroxylation sites is 1. The third-order valence-corrected chi connectivity index (χ3v) is 3.37. The van der Waals surface area contributed by atoms with Crippen molar-refractivity contribution in [2.75, 3.05) is 5.32 Å². The first kappa shape index (κ1) is 17.7. The number of carbonyl (C=O) groups excluding carboxylic acids is 1. The summed E-state index contributed by atoms with van der Waals surface area (Å²) >= 11 is 5.49. The van der Waals surface area contributed by atoms with Gasteiger partial charge in [0.25, 0.3) is 12.9 Å². The van der Waals surface area contributed by atoms with E-state index in [0.29, 0.717) is 4.68 Å². The number of benzene rings is 1. The van der Waals surface area contributed by atoms with Gasteiger partial charge in [-0.2, -0.15) is 10.4 Å². The van der Waals surface area contributed by atoms with Gasteiger partial charge in [0, 0.05) is 0 Å². The molecule has 1 aromatic carbocycles. The van der Waals surface area contributed by atoms with Gasteiger partial charge in [0.05, 0.1) is 16.3 Å². The quantitative estimate of drug-likeness (QED) is 0.821. The van der Waals surface area contributed by atoms with Crippen molar-refractivity contribution in [3.63, 3.8) is 0 Å². The standard InChI is InChI=1S/C14H9ClF4N4O/c15-10-11(13(16)17)22-23(12(10)14(18)19)6-9(24)21-8-4-2-1-3-7(8)5-20/h1-4,13-14H,6H2,(H,21,24). The fourth-order valence-corrected chi connectivity index (χ4v) is 2.26. The van der Waals surface area contributed by atoms with Crippen LogP contribution in [0.4, 0.5) is 23.2 Å². The first-order valence-corrected chi connectivity index (χ1v) is 6.84. The maximum absolute atomic E-state index is 13.0. The van der Waals surface area contributed by atoms with Gasteiger partial charge >= 0.3 is 0 Å². The average molecular weight is 361 g/mol. The Balaban J connectivity index is 2.26. The first-order valence-electron chi connectivity index (χ1n) is 6.46. The molecule has 0 aliphatic rings. The fraction of sp³-hybridized carbons (Fsp3) is 0.214. The highest BCUT2D eigenvalue weighted by Gasteiger charge is 2.28. The highest BCUT2D eigenvalue weighted by atomic mass is 35.5. The summed E-state index contributed by atoms with van der Waals surface area (Å²) in [5, 5.41) is 13.7. The van der Waals surface area contributed by atoms with E-state index in [1.54, 1.807) is 12.1 Å². The van der Waals surface area contributed by atoms with Crippen LogP contribution in [0.15, 0.2) is 24.3 Å². The monoisotopic (exact) mass is 360 g/mol. The average Bonchev–Trinajstić information content (AvgIpc) is 2.84. The predicted octanol–water partition coefficient (Wildman–Crippen LogP) is 3.92. The lowest BCUT2D eigenvalue weighted by Gasteiger charge is -2.09. The normalized spacial score (nSPS) is 10.9. The molecular weight excluding hydrogens is 352 g/mol. The molecule has 0 saturated carbocycles. The molecule has 126 valence electrons. The van der Waals surface area contributed by atoms with E-state index in [9.17, 15) is 22.4 Å². The molecule has 0 bridgehead atoms. The van der Waals surface area contributed by atoms with Gasteiger partial charge in [0.15, 0.2) is 0 Å². The number of halogens is 5. The topological polar surface area (TPSA) is 70.7 Å². The van der Waals surface area contributed by atoms with Crippen LogP contribution in [0.5, 0.6) is 0 Å². The molecule has 0 unspecified atom stereocenters. The summed E-state index contributed by atoms with van der Waals surface area (Å²) in [4.78, 5) is 12.0. The number of nitrogens with zero attached hydrogens (tertiary/aromatic N) is 3. The number of aromatic nitrogens is 2. The number of nitrogens with one attached hydrogen (secondary N) is 1. The van der Waals surface area contributed by atoms with E-state index in [1.165, 1.54) is 12.1 Å². The maximum Gasteiger partial charge on any atom is 0.283 e. The maximum atomic E-state index is 13.0. The van der Waals surface area contributed by atoms with E-state index in [4.69, 9.17) is 16.9 Å². The lowest BCUT2D eigenvalue weighted by Crippen LogP contribution is -2.21. The van der Waals surface area contributed by atoms with Gasteiger partial charge in [-0.1, -0.05) is 23.7 Å². The van der Waals surface area contributed by atoms with Gasteiger partial charge in [-0.25, -0.2) is 17.6 Å². The molecule has 1 amide bonds. The van der Waals surface area contributed by atoms with E-state index in [0.717, 1.165) is 0 Å². The number of nitriles is 1. The van der Waals surface area contributed by atoms with Gasteiger partial charge < -0.3 is 5.32 Å². The van der Waals surface area contributed by atoms with Crippen molar-refractivity contribution in [2.45, 2.75) is 19.4 Å². The van der Waals surface area contributed by atoms with Crippen molar-refractivity contribution in [1.82, 2.24) is 9.78 Å². The second kappa shape index (κ2) is 7.31. The Labute approximate surface area is 138 Å². The Morgan fingerprint density at radius 3 is 2.54 bits per heavy atom. The van der Waals surface area contributed by atoms with Crippen LogP contribution in [0.3, 0.4) is 0 Å². The van der Waals surface area contributed by atoms with E-state index in [1.807, 2.05) is 6.07 Å². The van der Waals surface area contributed by atoms with Gasteiger partial charge in [-0.3, -0.25) is 9.48 Å². The molecule has 0 atom stereocenters. The van der Waals surface area contributed by atoms with Gasteiger partial charge in [-0.15, -0.1) is 0 Å². The zero-order valence-corrected chi connectivity index (χ0v) is 12.6. The van der Waals surface area contributed by atoms with E-state index < -0.39 is 41.7 Å². The third kappa shape index (κ3) is 3.65.